The summed E-state index contributed by atoms with van der Waals surface area (Å²) in [5, 5.41) is 0. The Morgan fingerprint density at radius 3 is 2.27 bits per heavy atom. The average Bonchev–Trinajstić information content (AvgIpc) is 2.68. The second kappa shape index (κ2) is 3.49. The Labute approximate surface area is 86.9 Å². The molecule has 0 aliphatic carbocycles. The lowest BCUT2D eigenvalue weighted by molar-refractivity contribution is 0.0996. The van der Waals surface area contributed by atoms with Crippen LogP contribution in [-0.4, -0.2) is 10.9 Å². The van der Waals surface area contributed by atoms with E-state index < -0.39 is 5.91 Å². The quantitative estimate of drug-likeness (QED) is 0.641. The normalized spacial score (nSPS) is 10.1. The van der Waals surface area contributed by atoms with Crippen LogP contribution in [0.4, 0.5) is 5.69 Å². The van der Waals surface area contributed by atoms with Crippen molar-refractivity contribution in [3.63, 3.8) is 0 Å². The van der Waals surface area contributed by atoms with Crippen molar-refractivity contribution in [2.45, 2.75) is 0 Å². The summed E-state index contributed by atoms with van der Waals surface area (Å²) in [5.41, 5.74) is 13.6. The molecule has 76 valence electrons. The first-order valence-corrected chi connectivity index (χ1v) is 4.51. The topological polar surface area (TPSA) is 84.9 Å². The number of nitrogens with one attached hydrogen (secondary N) is 1. The Hall–Kier alpha value is -2.23. The fourth-order valence-electron chi connectivity index (χ4n) is 1.37. The number of primary amides is 1. The zero-order valence-corrected chi connectivity index (χ0v) is 8.03. The molecule has 1 heterocycles. The molecule has 4 heteroatoms. The van der Waals surface area contributed by atoms with Crippen LogP contribution in [0.2, 0.25) is 0 Å². The van der Waals surface area contributed by atoms with Crippen molar-refractivity contribution in [2.24, 2.45) is 5.73 Å². The first-order valence-electron chi connectivity index (χ1n) is 4.51. The molecule has 0 spiro atoms. The van der Waals surface area contributed by atoms with Crippen LogP contribution in [0, 0.1) is 0 Å². The van der Waals surface area contributed by atoms with Gasteiger partial charge in [-0.05, 0) is 29.8 Å². The van der Waals surface area contributed by atoms with E-state index in [2.05, 4.69) is 4.98 Å². The average molecular weight is 201 g/mol. The number of aromatic amines is 1. The number of carbonyl (C=O) groups excluding carboxylic acids is 1. The van der Waals surface area contributed by atoms with E-state index in [1.807, 2.05) is 18.2 Å². The number of benzene rings is 1. The van der Waals surface area contributed by atoms with Gasteiger partial charge in [-0.3, -0.25) is 4.79 Å². The minimum Gasteiger partial charge on any atom is -0.399 e. The standard InChI is InChI=1S/C11H11N3O/c12-8-3-1-7(2-4-8)9-5-6-10(14-9)11(13)15/h1-6,14H,12H2,(H2,13,15). The highest BCUT2D eigenvalue weighted by molar-refractivity contribution is 5.91. The zero-order valence-electron chi connectivity index (χ0n) is 8.03. The number of nitrogen functional groups attached to an aromatic ring is 1. The lowest BCUT2D eigenvalue weighted by Gasteiger charge is -1.98. The number of amides is 1. The van der Waals surface area contributed by atoms with Crippen molar-refractivity contribution in [1.29, 1.82) is 0 Å². The van der Waals surface area contributed by atoms with Gasteiger partial charge in [0, 0.05) is 11.4 Å². The maximum absolute atomic E-state index is 10.9. The molecule has 1 amide bonds. The van der Waals surface area contributed by atoms with Gasteiger partial charge in [0.25, 0.3) is 5.91 Å². The predicted molar refractivity (Wildman–Crippen MR) is 59.2 cm³/mol. The second-order valence-electron chi connectivity index (χ2n) is 3.27. The molecule has 0 bridgehead atoms. The van der Waals surface area contributed by atoms with E-state index in [0.29, 0.717) is 11.4 Å². The molecule has 4 nitrogen and oxygen atoms in total. The van der Waals surface area contributed by atoms with Crippen LogP contribution in [0.5, 0.6) is 0 Å². The number of hydrogen-bond acceptors (Lipinski definition) is 2. The van der Waals surface area contributed by atoms with Crippen molar-refractivity contribution in [3.8, 4) is 11.3 Å². The van der Waals surface area contributed by atoms with Gasteiger partial charge in [-0.2, -0.15) is 0 Å². The molecule has 0 aliphatic rings. The van der Waals surface area contributed by atoms with Gasteiger partial charge < -0.3 is 16.5 Å². The van der Waals surface area contributed by atoms with Crippen LogP contribution in [0.25, 0.3) is 11.3 Å². The van der Waals surface area contributed by atoms with Gasteiger partial charge in [-0.25, -0.2) is 0 Å². The molecule has 0 saturated carbocycles. The highest BCUT2D eigenvalue weighted by Crippen LogP contribution is 2.19. The summed E-state index contributed by atoms with van der Waals surface area (Å²) < 4.78 is 0. The third-order valence-electron chi connectivity index (χ3n) is 2.17. The summed E-state index contributed by atoms with van der Waals surface area (Å²) in [6.07, 6.45) is 0. The van der Waals surface area contributed by atoms with Crippen LogP contribution >= 0.6 is 0 Å². The summed E-state index contributed by atoms with van der Waals surface area (Å²) in [6, 6.07) is 10.8. The summed E-state index contributed by atoms with van der Waals surface area (Å²) in [6.45, 7) is 0. The molecular weight excluding hydrogens is 190 g/mol. The fourth-order valence-corrected chi connectivity index (χ4v) is 1.37. The van der Waals surface area contributed by atoms with Gasteiger partial charge >= 0.3 is 0 Å². The Balaban J connectivity index is 2.37. The number of carbonyl (C=O) groups is 1. The molecule has 0 aliphatic heterocycles. The fraction of sp³-hybridized carbons (Fsp3) is 0. The van der Waals surface area contributed by atoms with Crippen molar-refractivity contribution in [1.82, 2.24) is 4.98 Å². The number of H-pyrrole nitrogens is 1. The van der Waals surface area contributed by atoms with E-state index in [0.717, 1.165) is 11.3 Å². The molecular formula is C11H11N3O. The SMILES string of the molecule is NC(=O)c1ccc(-c2ccc(N)cc2)[nH]1. The Bertz CT molecular complexity index is 485. The summed E-state index contributed by atoms with van der Waals surface area (Å²) in [4.78, 5) is 13.8. The number of nitrogens with two attached hydrogens (primary N) is 2. The Morgan fingerprint density at radius 2 is 1.73 bits per heavy atom. The van der Waals surface area contributed by atoms with Crippen molar-refractivity contribution in [2.75, 3.05) is 5.73 Å². The molecule has 5 N–H and O–H groups in total. The van der Waals surface area contributed by atoms with Crippen molar-refractivity contribution < 1.29 is 4.79 Å². The minimum atomic E-state index is -0.461. The van der Waals surface area contributed by atoms with Gasteiger partial charge in [0.15, 0.2) is 0 Å². The minimum absolute atomic E-state index is 0.404. The van der Waals surface area contributed by atoms with Gasteiger partial charge in [-0.1, -0.05) is 12.1 Å². The van der Waals surface area contributed by atoms with Crippen LogP contribution in [-0.2, 0) is 0 Å². The third-order valence-corrected chi connectivity index (χ3v) is 2.17. The Kier molecular flexibility index (Phi) is 2.17. The molecule has 0 fully saturated rings. The van der Waals surface area contributed by atoms with Crippen LogP contribution < -0.4 is 11.5 Å². The van der Waals surface area contributed by atoms with Crippen molar-refractivity contribution >= 4 is 11.6 Å². The van der Waals surface area contributed by atoms with E-state index in [4.69, 9.17) is 11.5 Å². The predicted octanol–water partition coefficient (Wildman–Crippen LogP) is 1.36. The first kappa shape index (κ1) is 9.33. The molecule has 0 unspecified atom stereocenters. The summed E-state index contributed by atoms with van der Waals surface area (Å²) >= 11 is 0. The van der Waals surface area contributed by atoms with E-state index >= 15 is 0 Å². The summed E-state index contributed by atoms with van der Waals surface area (Å²) in [7, 11) is 0. The van der Waals surface area contributed by atoms with Gasteiger partial charge in [0.1, 0.15) is 5.69 Å². The Morgan fingerprint density at radius 1 is 1.07 bits per heavy atom. The van der Waals surface area contributed by atoms with E-state index in [1.165, 1.54) is 0 Å². The molecule has 1 aromatic carbocycles. The lowest BCUT2D eigenvalue weighted by Crippen LogP contribution is -2.10. The van der Waals surface area contributed by atoms with E-state index in [-0.39, 0.29) is 0 Å². The number of anilines is 1. The highest BCUT2D eigenvalue weighted by atomic mass is 16.1. The maximum Gasteiger partial charge on any atom is 0.265 e. The van der Waals surface area contributed by atoms with Crippen LogP contribution in [0.1, 0.15) is 10.5 Å². The number of aromatic nitrogens is 1. The van der Waals surface area contributed by atoms with E-state index in [9.17, 15) is 4.79 Å². The van der Waals surface area contributed by atoms with Crippen LogP contribution in [0.15, 0.2) is 36.4 Å². The van der Waals surface area contributed by atoms with Gasteiger partial charge in [0.2, 0.25) is 0 Å². The molecule has 15 heavy (non-hydrogen) atoms. The molecule has 0 radical (unpaired) electrons. The first-order chi connectivity index (χ1) is 7.16. The van der Waals surface area contributed by atoms with Gasteiger partial charge in [-0.15, -0.1) is 0 Å². The molecule has 2 rings (SSSR count). The zero-order chi connectivity index (χ0) is 10.8. The smallest absolute Gasteiger partial charge is 0.265 e. The molecule has 0 atom stereocenters. The lowest BCUT2D eigenvalue weighted by atomic mass is 10.1. The van der Waals surface area contributed by atoms with Gasteiger partial charge in [0.05, 0.1) is 0 Å². The van der Waals surface area contributed by atoms with Crippen molar-refractivity contribution in [3.05, 3.63) is 42.1 Å². The summed E-state index contributed by atoms with van der Waals surface area (Å²) in [5.74, 6) is -0.461. The molecule has 2 aromatic rings. The monoisotopic (exact) mass is 201 g/mol. The van der Waals surface area contributed by atoms with Crippen LogP contribution in [0.3, 0.4) is 0 Å². The van der Waals surface area contributed by atoms with E-state index in [1.54, 1.807) is 18.2 Å². The third kappa shape index (κ3) is 1.83. The number of hydrogen-bond donors (Lipinski definition) is 3. The largest absolute Gasteiger partial charge is 0.399 e. The number of rotatable bonds is 2. The molecule has 1 aromatic heterocycles. The molecule has 0 saturated heterocycles. The highest BCUT2D eigenvalue weighted by Gasteiger charge is 2.04. The second-order valence-corrected chi connectivity index (χ2v) is 3.27. The maximum atomic E-state index is 10.9.